The number of para-hydroxylation sites is 2. The van der Waals surface area contributed by atoms with Crippen LogP contribution in [-0.2, 0) is 0 Å². The Bertz CT molecular complexity index is 2790. The van der Waals surface area contributed by atoms with Crippen LogP contribution >= 0.6 is 22.9 Å². The summed E-state index contributed by atoms with van der Waals surface area (Å²) in [5.41, 5.74) is 6.45. The van der Waals surface area contributed by atoms with Crippen LogP contribution in [-0.4, -0.2) is 14.5 Å². The van der Waals surface area contributed by atoms with Crippen molar-refractivity contribution in [1.29, 1.82) is 0 Å². The molecule has 0 saturated carbocycles. The maximum absolute atomic E-state index is 6.39. The predicted octanol–water partition coefficient (Wildman–Crippen LogP) is 11.3. The minimum absolute atomic E-state index is 0.164. The van der Waals surface area contributed by atoms with Gasteiger partial charge in [0.25, 0.3) is 0 Å². The Morgan fingerprint density at radius 3 is 2.11 bits per heavy atom. The van der Waals surface area contributed by atoms with E-state index in [1.807, 2.05) is 35.6 Å². The molecule has 4 heterocycles. The summed E-state index contributed by atoms with van der Waals surface area (Å²) in [5.74, 6) is 0. The molecule has 0 amide bonds. The molecule has 4 aromatic heterocycles. The molecule has 0 atom stereocenters. The zero-order valence-electron chi connectivity index (χ0n) is 23.1. The number of thiophene rings is 1. The number of fused-ring (bicyclic) bond motifs is 13. The molecule has 0 spiro atoms. The molecule has 4 nitrogen and oxygen atoms in total. The Labute approximate surface area is 259 Å². The van der Waals surface area contributed by atoms with E-state index < -0.39 is 0 Å². The average molecular weight is 602 g/mol. The zero-order chi connectivity index (χ0) is 28.9. The number of aromatic nitrogens is 3. The quantitative estimate of drug-likeness (QED) is 0.185. The van der Waals surface area contributed by atoms with Crippen LogP contribution < -0.4 is 0 Å². The van der Waals surface area contributed by atoms with Gasteiger partial charge in [0.1, 0.15) is 5.58 Å². The fraction of sp³-hybridized carbons (Fsp3) is 0. The van der Waals surface area contributed by atoms with E-state index in [4.69, 9.17) is 16.0 Å². The number of nitrogens with zero attached hydrogens (tertiary/aromatic N) is 3. The molecule has 0 fully saturated rings. The third-order valence-electron chi connectivity index (χ3n) is 8.76. The van der Waals surface area contributed by atoms with E-state index in [0.717, 1.165) is 33.3 Å². The first-order valence-corrected chi connectivity index (χ1v) is 15.6. The lowest BCUT2D eigenvalue weighted by Crippen LogP contribution is -1.95. The van der Waals surface area contributed by atoms with Crippen LogP contribution in [0, 0.1) is 0 Å². The summed E-state index contributed by atoms with van der Waals surface area (Å²) in [6, 6.07) is 42.9. The lowest BCUT2D eigenvalue weighted by molar-refractivity contribution is 0.653. The van der Waals surface area contributed by atoms with E-state index in [2.05, 4.69) is 112 Å². The molecule has 0 aliphatic carbocycles. The summed E-state index contributed by atoms with van der Waals surface area (Å²) in [6.07, 6.45) is 0. The molecule has 0 radical (unpaired) electrons. The fourth-order valence-corrected chi connectivity index (χ4v) is 8.40. The Kier molecular flexibility index (Phi) is 4.90. The van der Waals surface area contributed by atoms with Gasteiger partial charge >= 0.3 is 0 Å². The Morgan fingerprint density at radius 1 is 0.591 bits per heavy atom. The standard InChI is InChI=1S/C38H20ClN3OS/c39-38-40-34(32-26-12-4-7-15-29(26)43-37(32)41-38)21-17-19-22(20-18-21)42-28-14-6-3-11-25(28)33-35(42)24-10-2-1-9-23(24)31-27-13-5-8-16-30(27)44-36(31)33/h1-20H. The molecule has 6 aromatic carbocycles. The Balaban J connectivity index is 1.28. The molecule has 6 heteroatoms. The number of hydrogen-bond donors (Lipinski definition) is 0. The molecule has 44 heavy (non-hydrogen) atoms. The third kappa shape index (κ3) is 3.23. The fourth-order valence-electron chi connectivity index (χ4n) is 6.96. The second-order valence-corrected chi connectivity index (χ2v) is 12.5. The van der Waals surface area contributed by atoms with Gasteiger partial charge in [-0.05, 0) is 47.3 Å². The van der Waals surface area contributed by atoms with Gasteiger partial charge < -0.3 is 8.98 Å². The van der Waals surface area contributed by atoms with Crippen LogP contribution in [0.2, 0.25) is 5.28 Å². The Hall–Kier alpha value is -5.23. The normalized spacial score (nSPS) is 12.2. The van der Waals surface area contributed by atoms with Crippen molar-refractivity contribution < 1.29 is 4.42 Å². The highest BCUT2D eigenvalue weighted by molar-refractivity contribution is 7.27. The van der Waals surface area contributed by atoms with Crippen molar-refractivity contribution in [2.24, 2.45) is 0 Å². The van der Waals surface area contributed by atoms with Gasteiger partial charge in [0.2, 0.25) is 11.0 Å². The third-order valence-corrected chi connectivity index (χ3v) is 10.1. The van der Waals surface area contributed by atoms with Crippen molar-refractivity contribution in [2.45, 2.75) is 0 Å². The van der Waals surface area contributed by atoms with Gasteiger partial charge in [0, 0.05) is 53.0 Å². The minimum atomic E-state index is 0.164. The SMILES string of the molecule is Clc1nc(-c2ccc(-n3c4ccccc4c4c5sc6ccccc6c5c5ccccc5c43)cc2)c2c(n1)oc1ccccc12. The summed E-state index contributed by atoms with van der Waals surface area (Å²) in [5, 5.41) is 9.73. The van der Waals surface area contributed by atoms with E-state index in [1.165, 1.54) is 52.8 Å². The Morgan fingerprint density at radius 2 is 1.27 bits per heavy atom. The van der Waals surface area contributed by atoms with E-state index in [-0.39, 0.29) is 5.28 Å². The van der Waals surface area contributed by atoms with Crippen LogP contribution in [0.4, 0.5) is 0 Å². The molecule has 0 aliphatic rings. The van der Waals surface area contributed by atoms with E-state index in [1.54, 1.807) is 0 Å². The van der Waals surface area contributed by atoms with Crippen molar-refractivity contribution in [3.05, 3.63) is 127 Å². The number of hydrogen-bond acceptors (Lipinski definition) is 4. The molecule has 0 aliphatic heterocycles. The zero-order valence-corrected chi connectivity index (χ0v) is 24.7. The molecule has 0 bridgehead atoms. The summed E-state index contributed by atoms with van der Waals surface area (Å²) in [7, 11) is 0. The first-order valence-electron chi connectivity index (χ1n) is 14.5. The maximum atomic E-state index is 6.39. The van der Waals surface area contributed by atoms with Crippen LogP contribution in [0.3, 0.4) is 0 Å². The topological polar surface area (TPSA) is 43.9 Å². The molecule has 0 N–H and O–H groups in total. The lowest BCUT2D eigenvalue weighted by Gasteiger charge is -2.12. The van der Waals surface area contributed by atoms with E-state index in [9.17, 15) is 0 Å². The molecule has 206 valence electrons. The van der Waals surface area contributed by atoms with Gasteiger partial charge in [-0.15, -0.1) is 11.3 Å². The number of halogens is 1. The van der Waals surface area contributed by atoms with Crippen molar-refractivity contribution in [2.75, 3.05) is 0 Å². The van der Waals surface area contributed by atoms with Gasteiger partial charge in [-0.3, -0.25) is 0 Å². The van der Waals surface area contributed by atoms with E-state index >= 15 is 0 Å². The maximum Gasteiger partial charge on any atom is 0.232 e. The van der Waals surface area contributed by atoms with Crippen LogP contribution in [0.5, 0.6) is 0 Å². The van der Waals surface area contributed by atoms with Gasteiger partial charge in [-0.25, -0.2) is 4.98 Å². The highest BCUT2D eigenvalue weighted by Gasteiger charge is 2.22. The number of rotatable bonds is 2. The van der Waals surface area contributed by atoms with Crippen molar-refractivity contribution in [1.82, 2.24) is 14.5 Å². The molecule has 0 saturated heterocycles. The molecule has 0 unspecified atom stereocenters. The van der Waals surface area contributed by atoms with E-state index in [0.29, 0.717) is 5.71 Å². The van der Waals surface area contributed by atoms with Gasteiger partial charge in [0.15, 0.2) is 0 Å². The molecule has 10 aromatic rings. The van der Waals surface area contributed by atoms with Crippen LogP contribution in [0.1, 0.15) is 0 Å². The van der Waals surface area contributed by atoms with Gasteiger partial charge in [0.05, 0.1) is 22.1 Å². The predicted molar refractivity (Wildman–Crippen MR) is 184 cm³/mol. The smallest absolute Gasteiger partial charge is 0.232 e. The lowest BCUT2D eigenvalue weighted by atomic mass is 9.99. The molecule has 10 rings (SSSR count). The van der Waals surface area contributed by atoms with Crippen LogP contribution in [0.25, 0.3) is 91.8 Å². The van der Waals surface area contributed by atoms with Gasteiger partial charge in [-0.2, -0.15) is 4.98 Å². The summed E-state index contributed by atoms with van der Waals surface area (Å²) >= 11 is 8.28. The van der Waals surface area contributed by atoms with Crippen LogP contribution in [0.15, 0.2) is 126 Å². The second-order valence-electron chi connectivity index (χ2n) is 11.1. The largest absolute Gasteiger partial charge is 0.438 e. The average Bonchev–Trinajstić information content (AvgIpc) is 3.74. The second kappa shape index (κ2) is 8.89. The number of furan rings is 1. The first kappa shape index (κ1) is 24.2. The monoisotopic (exact) mass is 601 g/mol. The highest BCUT2D eigenvalue weighted by atomic mass is 35.5. The summed E-state index contributed by atoms with van der Waals surface area (Å²) in [4.78, 5) is 9.05. The molecular weight excluding hydrogens is 582 g/mol. The summed E-state index contributed by atoms with van der Waals surface area (Å²) < 4.78 is 11.1. The minimum Gasteiger partial charge on any atom is -0.438 e. The van der Waals surface area contributed by atoms with Gasteiger partial charge in [-0.1, -0.05) is 91.0 Å². The molecular formula is C38H20ClN3OS. The first-order chi connectivity index (χ1) is 21.7. The summed E-state index contributed by atoms with van der Waals surface area (Å²) in [6.45, 7) is 0. The van der Waals surface area contributed by atoms with Crippen molar-refractivity contribution >= 4 is 97.8 Å². The number of benzene rings is 6. The van der Waals surface area contributed by atoms with Crippen molar-refractivity contribution in [3.63, 3.8) is 0 Å². The highest BCUT2D eigenvalue weighted by Crippen LogP contribution is 2.48. The van der Waals surface area contributed by atoms with Crippen molar-refractivity contribution in [3.8, 4) is 16.9 Å².